The molecule has 1 fully saturated rings. The third kappa shape index (κ3) is 4.63. The van der Waals surface area contributed by atoms with Gasteiger partial charge < -0.3 is 15.4 Å². The average molecular weight is 325 g/mol. The molecule has 2 rings (SSSR count). The molecule has 0 unspecified atom stereocenters. The van der Waals surface area contributed by atoms with E-state index in [1.807, 2.05) is 19.1 Å². The molecule has 120 valence electrons. The Bertz CT molecular complexity index is 538. The lowest BCUT2D eigenvalue weighted by Gasteiger charge is -2.21. The highest BCUT2D eigenvalue weighted by Gasteiger charge is 2.23. The Morgan fingerprint density at radius 3 is 3.00 bits per heavy atom. The Balaban J connectivity index is 1.84. The molecule has 0 saturated carbocycles. The van der Waals surface area contributed by atoms with Crippen LogP contribution in [0.1, 0.15) is 25.3 Å². The van der Waals surface area contributed by atoms with E-state index < -0.39 is 0 Å². The van der Waals surface area contributed by atoms with E-state index in [-0.39, 0.29) is 17.7 Å². The third-order valence-electron chi connectivity index (χ3n) is 3.65. The van der Waals surface area contributed by atoms with Crippen molar-refractivity contribution >= 4 is 23.4 Å². The molecule has 1 aliphatic rings. The number of carbonyl (C=O) groups excluding carboxylic acids is 2. The molecule has 0 spiro atoms. The first-order valence-electron chi connectivity index (χ1n) is 7.55. The van der Waals surface area contributed by atoms with E-state index in [0.29, 0.717) is 44.0 Å². The van der Waals surface area contributed by atoms with Crippen LogP contribution in [-0.4, -0.2) is 31.5 Å². The van der Waals surface area contributed by atoms with E-state index in [4.69, 9.17) is 16.3 Å². The summed E-state index contributed by atoms with van der Waals surface area (Å²) in [7, 11) is 0. The SMILES string of the molecule is CCOc1ccc(Cl)cc1CCNC(=O)[C@@H]1CCC(=O)NC1. The zero-order valence-electron chi connectivity index (χ0n) is 12.7. The van der Waals surface area contributed by atoms with E-state index in [9.17, 15) is 9.59 Å². The summed E-state index contributed by atoms with van der Waals surface area (Å²) >= 11 is 6.01. The van der Waals surface area contributed by atoms with Gasteiger partial charge in [-0.15, -0.1) is 0 Å². The summed E-state index contributed by atoms with van der Waals surface area (Å²) in [6.45, 7) is 3.45. The molecule has 2 N–H and O–H groups in total. The summed E-state index contributed by atoms with van der Waals surface area (Å²) < 4.78 is 5.56. The van der Waals surface area contributed by atoms with Crippen LogP contribution in [0.4, 0.5) is 0 Å². The van der Waals surface area contributed by atoms with Gasteiger partial charge in [-0.3, -0.25) is 9.59 Å². The molecular formula is C16H21ClN2O3. The van der Waals surface area contributed by atoms with Crippen molar-refractivity contribution in [1.82, 2.24) is 10.6 Å². The molecule has 1 aromatic rings. The van der Waals surface area contributed by atoms with Gasteiger partial charge >= 0.3 is 0 Å². The smallest absolute Gasteiger partial charge is 0.224 e. The minimum atomic E-state index is -0.136. The van der Waals surface area contributed by atoms with E-state index >= 15 is 0 Å². The molecule has 1 heterocycles. The highest BCUT2D eigenvalue weighted by atomic mass is 35.5. The van der Waals surface area contributed by atoms with Gasteiger partial charge in [0.2, 0.25) is 11.8 Å². The van der Waals surface area contributed by atoms with Crippen LogP contribution in [0.5, 0.6) is 5.75 Å². The Hall–Kier alpha value is -1.75. The summed E-state index contributed by atoms with van der Waals surface area (Å²) in [5, 5.41) is 6.29. The molecular weight excluding hydrogens is 304 g/mol. The van der Waals surface area contributed by atoms with Gasteiger partial charge in [-0.2, -0.15) is 0 Å². The minimum Gasteiger partial charge on any atom is -0.494 e. The maximum absolute atomic E-state index is 12.1. The fraction of sp³-hybridized carbons (Fsp3) is 0.500. The van der Waals surface area contributed by atoms with Crippen LogP contribution in [0.3, 0.4) is 0 Å². The third-order valence-corrected chi connectivity index (χ3v) is 3.89. The highest BCUT2D eigenvalue weighted by Crippen LogP contribution is 2.23. The van der Waals surface area contributed by atoms with Crippen molar-refractivity contribution in [1.29, 1.82) is 0 Å². The lowest BCUT2D eigenvalue weighted by Crippen LogP contribution is -2.43. The molecule has 1 aliphatic heterocycles. The Kier molecular flexibility index (Phi) is 6.07. The minimum absolute atomic E-state index is 0.0139. The Morgan fingerprint density at radius 2 is 2.32 bits per heavy atom. The van der Waals surface area contributed by atoms with Gasteiger partial charge in [0.25, 0.3) is 0 Å². The molecule has 2 amide bonds. The van der Waals surface area contributed by atoms with Gasteiger partial charge in [-0.05, 0) is 43.5 Å². The number of piperidine rings is 1. The number of benzene rings is 1. The fourth-order valence-corrected chi connectivity index (χ4v) is 2.66. The lowest BCUT2D eigenvalue weighted by molar-refractivity contribution is -0.128. The van der Waals surface area contributed by atoms with Crippen LogP contribution >= 0.6 is 11.6 Å². The van der Waals surface area contributed by atoms with E-state index in [1.54, 1.807) is 6.07 Å². The lowest BCUT2D eigenvalue weighted by atomic mass is 9.98. The average Bonchev–Trinajstić information content (AvgIpc) is 2.50. The van der Waals surface area contributed by atoms with E-state index in [1.165, 1.54) is 0 Å². The number of carbonyl (C=O) groups is 2. The topological polar surface area (TPSA) is 67.4 Å². The van der Waals surface area contributed by atoms with Gasteiger partial charge in [-0.25, -0.2) is 0 Å². The van der Waals surface area contributed by atoms with Crippen molar-refractivity contribution < 1.29 is 14.3 Å². The maximum atomic E-state index is 12.1. The van der Waals surface area contributed by atoms with Gasteiger partial charge in [0.1, 0.15) is 5.75 Å². The monoisotopic (exact) mass is 324 g/mol. The van der Waals surface area contributed by atoms with Crippen molar-refractivity contribution in [3.8, 4) is 5.75 Å². The normalized spacial score (nSPS) is 17.7. The summed E-state index contributed by atoms with van der Waals surface area (Å²) in [5.41, 5.74) is 0.978. The second-order valence-electron chi connectivity index (χ2n) is 5.27. The van der Waals surface area contributed by atoms with E-state index in [2.05, 4.69) is 10.6 Å². The number of nitrogens with one attached hydrogen (secondary N) is 2. The number of amides is 2. The largest absolute Gasteiger partial charge is 0.494 e. The van der Waals surface area contributed by atoms with Crippen LogP contribution in [0, 0.1) is 5.92 Å². The molecule has 0 aliphatic carbocycles. The zero-order chi connectivity index (χ0) is 15.9. The van der Waals surface area contributed by atoms with Crippen LogP contribution in [0.25, 0.3) is 0 Å². The molecule has 0 radical (unpaired) electrons. The summed E-state index contributed by atoms with van der Waals surface area (Å²) in [5.74, 6) is 0.666. The van der Waals surface area contributed by atoms with Crippen LogP contribution in [0.2, 0.25) is 5.02 Å². The molecule has 1 saturated heterocycles. The first-order chi connectivity index (χ1) is 10.6. The van der Waals surface area contributed by atoms with Crippen LogP contribution in [-0.2, 0) is 16.0 Å². The van der Waals surface area contributed by atoms with Gasteiger partial charge in [0, 0.05) is 24.5 Å². The highest BCUT2D eigenvalue weighted by molar-refractivity contribution is 6.30. The first kappa shape index (κ1) is 16.6. The summed E-state index contributed by atoms with van der Waals surface area (Å²) in [4.78, 5) is 23.1. The number of halogens is 1. The summed E-state index contributed by atoms with van der Waals surface area (Å²) in [6.07, 6.45) is 1.68. The Labute approximate surface area is 135 Å². The van der Waals surface area contributed by atoms with Crippen molar-refractivity contribution in [3.63, 3.8) is 0 Å². The standard InChI is InChI=1S/C16H21ClN2O3/c1-2-22-14-5-4-13(17)9-11(14)7-8-18-16(21)12-3-6-15(20)19-10-12/h4-5,9,12H,2-3,6-8,10H2,1H3,(H,18,21)(H,19,20)/t12-/m1/s1. The second kappa shape index (κ2) is 8.03. The van der Waals surface area contributed by atoms with Crippen molar-refractivity contribution in [2.24, 2.45) is 5.92 Å². The van der Waals surface area contributed by atoms with Crippen molar-refractivity contribution in [3.05, 3.63) is 28.8 Å². The number of ether oxygens (including phenoxy) is 1. The molecule has 6 heteroatoms. The summed E-state index contributed by atoms with van der Waals surface area (Å²) in [6, 6.07) is 5.50. The van der Waals surface area contributed by atoms with Crippen molar-refractivity contribution in [2.45, 2.75) is 26.2 Å². The predicted octanol–water partition coefficient (Wildman–Crippen LogP) is 1.92. The molecule has 1 atom stereocenters. The first-order valence-corrected chi connectivity index (χ1v) is 7.93. The molecule has 5 nitrogen and oxygen atoms in total. The fourth-order valence-electron chi connectivity index (χ4n) is 2.46. The van der Waals surface area contributed by atoms with Crippen molar-refractivity contribution in [2.75, 3.05) is 19.7 Å². The molecule has 0 bridgehead atoms. The van der Waals surface area contributed by atoms with Gasteiger partial charge in [0.05, 0.1) is 12.5 Å². The Morgan fingerprint density at radius 1 is 1.50 bits per heavy atom. The van der Waals surface area contributed by atoms with E-state index in [0.717, 1.165) is 11.3 Å². The second-order valence-corrected chi connectivity index (χ2v) is 5.70. The quantitative estimate of drug-likeness (QED) is 0.840. The number of hydrogen-bond donors (Lipinski definition) is 2. The van der Waals surface area contributed by atoms with Crippen LogP contribution < -0.4 is 15.4 Å². The number of rotatable bonds is 6. The van der Waals surface area contributed by atoms with Gasteiger partial charge in [0.15, 0.2) is 0 Å². The predicted molar refractivity (Wildman–Crippen MR) is 85.1 cm³/mol. The molecule has 22 heavy (non-hydrogen) atoms. The maximum Gasteiger partial charge on any atom is 0.224 e. The van der Waals surface area contributed by atoms with Gasteiger partial charge in [-0.1, -0.05) is 11.6 Å². The van der Waals surface area contributed by atoms with Crippen LogP contribution in [0.15, 0.2) is 18.2 Å². The molecule has 0 aromatic heterocycles. The zero-order valence-corrected chi connectivity index (χ0v) is 13.4. The molecule has 1 aromatic carbocycles. The number of hydrogen-bond acceptors (Lipinski definition) is 3.